The van der Waals surface area contributed by atoms with Crippen LogP contribution in [-0.4, -0.2) is 21.3 Å². The number of hydrogen-bond acceptors (Lipinski definition) is 4. The van der Waals surface area contributed by atoms with E-state index in [0.29, 0.717) is 12.6 Å². The molecule has 0 aliphatic carbocycles. The Morgan fingerprint density at radius 2 is 2.05 bits per heavy atom. The quantitative estimate of drug-likeness (QED) is 0.838. The monoisotopic (exact) mass is 259 g/mol. The van der Waals surface area contributed by atoms with Crippen molar-refractivity contribution in [3.05, 3.63) is 36.4 Å². The highest BCUT2D eigenvalue weighted by molar-refractivity contribution is 5.67. The van der Waals surface area contributed by atoms with Gasteiger partial charge in [-0.1, -0.05) is 12.1 Å². The maximum absolute atomic E-state index is 6.04. The van der Waals surface area contributed by atoms with Crippen LogP contribution in [0.25, 0.3) is 0 Å². The molecule has 1 aromatic carbocycles. The number of nitrogens with two attached hydrogens (primary N) is 1. The minimum atomic E-state index is 0.310. The molecular formula is C14H21N5. The average Bonchev–Trinajstić information content (AvgIpc) is 2.85. The Morgan fingerprint density at radius 1 is 1.32 bits per heavy atom. The summed E-state index contributed by atoms with van der Waals surface area (Å²) in [6.45, 7) is 7.90. The Kier molecular flexibility index (Phi) is 4.04. The van der Waals surface area contributed by atoms with Gasteiger partial charge in [0.25, 0.3) is 0 Å². The van der Waals surface area contributed by atoms with E-state index in [0.717, 1.165) is 23.7 Å². The van der Waals surface area contributed by atoms with Crippen molar-refractivity contribution in [1.29, 1.82) is 0 Å². The molecule has 0 aliphatic heterocycles. The second-order valence-corrected chi connectivity index (χ2v) is 4.79. The van der Waals surface area contributed by atoms with E-state index in [4.69, 9.17) is 5.73 Å². The second-order valence-electron chi connectivity index (χ2n) is 4.79. The van der Waals surface area contributed by atoms with Gasteiger partial charge in [-0.05, 0) is 32.9 Å². The maximum atomic E-state index is 6.04. The van der Waals surface area contributed by atoms with E-state index in [9.17, 15) is 0 Å². The highest BCUT2D eigenvalue weighted by Gasteiger charge is 2.13. The Balaban J connectivity index is 2.25. The molecule has 0 saturated heterocycles. The lowest BCUT2D eigenvalue weighted by Gasteiger charge is -2.24. The smallest absolute Gasteiger partial charge is 0.146 e. The van der Waals surface area contributed by atoms with Gasteiger partial charge in [-0.2, -0.15) is 5.10 Å². The van der Waals surface area contributed by atoms with E-state index in [2.05, 4.69) is 35.8 Å². The molecule has 102 valence electrons. The first-order valence-corrected chi connectivity index (χ1v) is 6.61. The summed E-state index contributed by atoms with van der Waals surface area (Å²) in [6.07, 6.45) is 1.61. The summed E-state index contributed by atoms with van der Waals surface area (Å²) in [7, 11) is 0. The predicted octanol–water partition coefficient (Wildman–Crippen LogP) is 2.47. The number of anilines is 2. The van der Waals surface area contributed by atoms with Gasteiger partial charge in [0, 0.05) is 12.6 Å². The van der Waals surface area contributed by atoms with E-state index in [1.807, 2.05) is 28.9 Å². The van der Waals surface area contributed by atoms with Gasteiger partial charge in [-0.15, -0.1) is 0 Å². The van der Waals surface area contributed by atoms with Crippen LogP contribution in [0.2, 0.25) is 0 Å². The van der Waals surface area contributed by atoms with Crippen LogP contribution in [0.5, 0.6) is 0 Å². The minimum absolute atomic E-state index is 0.310. The van der Waals surface area contributed by atoms with Gasteiger partial charge in [-0.25, -0.2) is 9.67 Å². The summed E-state index contributed by atoms with van der Waals surface area (Å²) < 4.78 is 1.95. The van der Waals surface area contributed by atoms with E-state index in [1.54, 1.807) is 6.33 Å². The Hall–Kier alpha value is -2.04. The first-order chi connectivity index (χ1) is 9.13. The number of nitrogen functional groups attached to an aromatic ring is 1. The van der Waals surface area contributed by atoms with Gasteiger partial charge in [0.05, 0.1) is 17.9 Å². The molecule has 5 nitrogen and oxygen atoms in total. The zero-order valence-electron chi connectivity index (χ0n) is 11.7. The molecule has 1 heterocycles. The molecule has 19 heavy (non-hydrogen) atoms. The fourth-order valence-corrected chi connectivity index (χ4v) is 2.13. The molecule has 0 radical (unpaired) electrons. The van der Waals surface area contributed by atoms with Crippen molar-refractivity contribution in [2.45, 2.75) is 33.4 Å². The summed E-state index contributed by atoms with van der Waals surface area (Å²) in [6, 6.07) is 8.22. The van der Waals surface area contributed by atoms with Crippen LogP contribution >= 0.6 is 0 Å². The highest BCUT2D eigenvalue weighted by Crippen LogP contribution is 2.23. The standard InChI is InChI=1S/C14H21N5/c1-4-18(13-8-6-5-7-12(13)15)9-14-16-10-17-19(14)11(2)3/h5-8,10-11H,4,9,15H2,1-3H3. The first kappa shape index (κ1) is 13.4. The first-order valence-electron chi connectivity index (χ1n) is 6.61. The van der Waals surface area contributed by atoms with Crippen LogP contribution in [0, 0.1) is 0 Å². The zero-order valence-corrected chi connectivity index (χ0v) is 11.7. The molecular weight excluding hydrogens is 238 g/mol. The summed E-state index contributed by atoms with van der Waals surface area (Å²) in [4.78, 5) is 6.56. The summed E-state index contributed by atoms with van der Waals surface area (Å²) >= 11 is 0. The molecule has 0 spiro atoms. The molecule has 5 heteroatoms. The topological polar surface area (TPSA) is 60.0 Å². The molecule has 2 rings (SSSR count). The summed E-state index contributed by atoms with van der Waals surface area (Å²) in [5.41, 5.74) is 7.88. The third-order valence-corrected chi connectivity index (χ3v) is 3.13. The Morgan fingerprint density at radius 3 is 2.68 bits per heavy atom. The molecule has 0 amide bonds. The van der Waals surface area contributed by atoms with Crippen molar-refractivity contribution in [1.82, 2.24) is 14.8 Å². The van der Waals surface area contributed by atoms with Crippen LogP contribution in [0.15, 0.2) is 30.6 Å². The number of benzene rings is 1. The molecule has 1 aromatic heterocycles. The molecule has 0 fully saturated rings. The normalized spacial score (nSPS) is 10.9. The Labute approximate surface area is 114 Å². The molecule has 2 aromatic rings. The fraction of sp³-hybridized carbons (Fsp3) is 0.429. The summed E-state index contributed by atoms with van der Waals surface area (Å²) in [5.74, 6) is 0.958. The number of rotatable bonds is 5. The second kappa shape index (κ2) is 5.73. The predicted molar refractivity (Wildman–Crippen MR) is 78.0 cm³/mol. The van der Waals surface area contributed by atoms with E-state index in [-0.39, 0.29) is 0 Å². The maximum Gasteiger partial charge on any atom is 0.146 e. The lowest BCUT2D eigenvalue weighted by atomic mass is 10.2. The number of hydrogen-bond donors (Lipinski definition) is 1. The van der Waals surface area contributed by atoms with Crippen molar-refractivity contribution in [2.24, 2.45) is 0 Å². The van der Waals surface area contributed by atoms with E-state index >= 15 is 0 Å². The molecule has 0 unspecified atom stereocenters. The number of para-hydroxylation sites is 2. The van der Waals surface area contributed by atoms with Gasteiger partial charge in [0.2, 0.25) is 0 Å². The largest absolute Gasteiger partial charge is 0.397 e. The Bertz CT molecular complexity index is 532. The van der Waals surface area contributed by atoms with Crippen LogP contribution in [0.1, 0.15) is 32.6 Å². The number of aromatic nitrogens is 3. The fourth-order valence-electron chi connectivity index (χ4n) is 2.13. The van der Waals surface area contributed by atoms with Crippen LogP contribution in [-0.2, 0) is 6.54 Å². The van der Waals surface area contributed by atoms with E-state index in [1.165, 1.54) is 0 Å². The third kappa shape index (κ3) is 2.86. The molecule has 0 aliphatic rings. The van der Waals surface area contributed by atoms with Gasteiger partial charge in [0.1, 0.15) is 12.2 Å². The zero-order chi connectivity index (χ0) is 13.8. The lowest BCUT2D eigenvalue weighted by Crippen LogP contribution is -2.25. The van der Waals surface area contributed by atoms with Gasteiger partial charge < -0.3 is 10.6 Å². The van der Waals surface area contributed by atoms with Crippen molar-refractivity contribution in [2.75, 3.05) is 17.2 Å². The lowest BCUT2D eigenvalue weighted by molar-refractivity contribution is 0.502. The van der Waals surface area contributed by atoms with Crippen molar-refractivity contribution < 1.29 is 0 Å². The SMILES string of the molecule is CCN(Cc1ncnn1C(C)C)c1ccccc1N. The number of nitrogens with zero attached hydrogens (tertiary/aromatic N) is 4. The van der Waals surface area contributed by atoms with Gasteiger partial charge in [-0.3, -0.25) is 0 Å². The average molecular weight is 259 g/mol. The molecule has 0 bridgehead atoms. The summed E-state index contributed by atoms with van der Waals surface area (Å²) in [5, 5.41) is 4.27. The molecule has 0 atom stereocenters. The van der Waals surface area contributed by atoms with Crippen LogP contribution in [0.3, 0.4) is 0 Å². The minimum Gasteiger partial charge on any atom is -0.397 e. The van der Waals surface area contributed by atoms with Gasteiger partial charge in [0.15, 0.2) is 0 Å². The van der Waals surface area contributed by atoms with Gasteiger partial charge >= 0.3 is 0 Å². The van der Waals surface area contributed by atoms with Crippen molar-refractivity contribution in [3.8, 4) is 0 Å². The van der Waals surface area contributed by atoms with Crippen molar-refractivity contribution in [3.63, 3.8) is 0 Å². The van der Waals surface area contributed by atoms with Crippen molar-refractivity contribution >= 4 is 11.4 Å². The van der Waals surface area contributed by atoms with Crippen LogP contribution in [0.4, 0.5) is 11.4 Å². The molecule has 0 saturated carbocycles. The highest BCUT2D eigenvalue weighted by atomic mass is 15.4. The van der Waals surface area contributed by atoms with Crippen LogP contribution < -0.4 is 10.6 Å². The molecule has 2 N–H and O–H groups in total. The van der Waals surface area contributed by atoms with E-state index < -0.39 is 0 Å². The third-order valence-electron chi connectivity index (χ3n) is 3.13.